The van der Waals surface area contributed by atoms with Gasteiger partial charge in [-0.1, -0.05) is 343 Å². The summed E-state index contributed by atoms with van der Waals surface area (Å²) in [5.41, 5.74) is 0. The minimum Gasteiger partial charge on any atom is -0.462 e. The van der Waals surface area contributed by atoms with Gasteiger partial charge in [0.15, 0.2) is 12.2 Å². The number of rotatable bonds is 75. The minimum atomic E-state index is -4.96. The molecule has 0 saturated carbocycles. The first-order valence-corrected chi connectivity index (χ1v) is 42.5. The number of carbonyl (C=O) groups is 4. The molecular formula is C76H148O17P2. The van der Waals surface area contributed by atoms with Crippen molar-refractivity contribution in [2.75, 3.05) is 39.6 Å². The van der Waals surface area contributed by atoms with Crippen LogP contribution in [0.2, 0.25) is 0 Å². The molecule has 0 aromatic rings. The maximum atomic E-state index is 13.1. The summed E-state index contributed by atoms with van der Waals surface area (Å²) in [4.78, 5) is 72.8. The molecule has 0 fully saturated rings. The molecule has 6 atom stereocenters. The van der Waals surface area contributed by atoms with Crippen LogP contribution in [-0.4, -0.2) is 96.7 Å². The maximum absolute atomic E-state index is 13.1. The van der Waals surface area contributed by atoms with Crippen molar-refractivity contribution in [2.45, 2.75) is 413 Å². The second-order valence-electron chi connectivity index (χ2n) is 28.1. The Hall–Kier alpha value is -1.94. The first-order valence-electron chi connectivity index (χ1n) is 39.5. The van der Waals surface area contributed by atoms with Crippen LogP contribution in [-0.2, 0) is 65.4 Å². The van der Waals surface area contributed by atoms with Gasteiger partial charge in [0, 0.05) is 25.7 Å². The third-order valence-electron chi connectivity index (χ3n) is 18.1. The quantitative estimate of drug-likeness (QED) is 0.0222. The highest BCUT2D eigenvalue weighted by Crippen LogP contribution is 2.45. The zero-order chi connectivity index (χ0) is 70.0. The Morgan fingerprint density at radius 3 is 0.800 bits per heavy atom. The fourth-order valence-electron chi connectivity index (χ4n) is 11.6. The summed E-state index contributed by atoms with van der Waals surface area (Å²) in [6, 6.07) is 0. The number of phosphoric ester groups is 2. The van der Waals surface area contributed by atoms with Crippen LogP contribution in [0.4, 0.5) is 0 Å². The lowest BCUT2D eigenvalue weighted by Crippen LogP contribution is -2.30. The van der Waals surface area contributed by atoms with E-state index in [1.165, 1.54) is 212 Å². The Labute approximate surface area is 581 Å². The van der Waals surface area contributed by atoms with Gasteiger partial charge in [0.25, 0.3) is 0 Å². The second kappa shape index (κ2) is 67.9. The summed E-state index contributed by atoms with van der Waals surface area (Å²) in [5.74, 6) is -0.537. The van der Waals surface area contributed by atoms with Crippen LogP contribution >= 0.6 is 15.6 Å². The van der Waals surface area contributed by atoms with Crippen LogP contribution in [0.1, 0.15) is 395 Å². The molecule has 0 spiro atoms. The van der Waals surface area contributed by atoms with Gasteiger partial charge < -0.3 is 33.8 Å². The van der Waals surface area contributed by atoms with Crippen LogP contribution in [0.15, 0.2) is 0 Å². The number of ether oxygens (including phenoxy) is 4. The van der Waals surface area contributed by atoms with E-state index in [0.717, 1.165) is 102 Å². The molecule has 0 rings (SSSR count). The molecule has 0 aliphatic heterocycles. The number of aliphatic hydroxyl groups excluding tert-OH is 1. The van der Waals surface area contributed by atoms with Gasteiger partial charge in [-0.2, -0.15) is 0 Å². The monoisotopic (exact) mass is 1400 g/mol. The summed E-state index contributed by atoms with van der Waals surface area (Å²) in [6.07, 6.45) is 55.4. The summed E-state index contributed by atoms with van der Waals surface area (Å²) in [7, 11) is -9.91. The predicted molar refractivity (Wildman–Crippen MR) is 386 cm³/mol. The van der Waals surface area contributed by atoms with E-state index in [2.05, 4.69) is 41.5 Å². The summed E-state index contributed by atoms with van der Waals surface area (Å²) in [5, 5.41) is 10.6. The Bertz CT molecular complexity index is 1840. The molecule has 0 aromatic heterocycles. The number of hydrogen-bond acceptors (Lipinski definition) is 15. The smallest absolute Gasteiger partial charge is 0.462 e. The molecule has 0 aliphatic rings. The van der Waals surface area contributed by atoms with Crippen LogP contribution < -0.4 is 0 Å². The molecule has 95 heavy (non-hydrogen) atoms. The van der Waals surface area contributed by atoms with Gasteiger partial charge >= 0.3 is 39.5 Å². The number of phosphoric acid groups is 2. The van der Waals surface area contributed by atoms with Gasteiger partial charge in [-0.3, -0.25) is 37.3 Å². The Kier molecular flexibility index (Phi) is 66.5. The molecular weight excluding hydrogens is 1250 g/mol. The van der Waals surface area contributed by atoms with Gasteiger partial charge in [-0.25, -0.2) is 9.13 Å². The fourth-order valence-corrected chi connectivity index (χ4v) is 13.2. The molecule has 19 heteroatoms. The molecule has 17 nitrogen and oxygen atoms in total. The van der Waals surface area contributed by atoms with E-state index in [9.17, 15) is 43.2 Å². The van der Waals surface area contributed by atoms with Crippen LogP contribution in [0, 0.1) is 11.8 Å². The molecule has 0 amide bonds. The third kappa shape index (κ3) is 69.0. The number of aliphatic hydroxyl groups is 1. The van der Waals surface area contributed by atoms with E-state index < -0.39 is 97.5 Å². The average molecular weight is 1400 g/mol. The lowest BCUT2D eigenvalue weighted by Gasteiger charge is -2.21. The predicted octanol–water partition coefficient (Wildman–Crippen LogP) is 22.3. The molecule has 0 radical (unpaired) electrons. The topological polar surface area (TPSA) is 237 Å². The number of hydrogen-bond donors (Lipinski definition) is 3. The van der Waals surface area contributed by atoms with E-state index in [1.807, 2.05) is 0 Å². The van der Waals surface area contributed by atoms with Crippen molar-refractivity contribution in [3.05, 3.63) is 0 Å². The minimum absolute atomic E-state index is 0.105. The lowest BCUT2D eigenvalue weighted by molar-refractivity contribution is -0.161. The van der Waals surface area contributed by atoms with E-state index in [0.29, 0.717) is 25.7 Å². The largest absolute Gasteiger partial charge is 0.472 e. The average Bonchev–Trinajstić information content (AvgIpc) is 1.56. The molecule has 0 aliphatic carbocycles. The van der Waals surface area contributed by atoms with Gasteiger partial charge in [0.2, 0.25) is 0 Å². The Morgan fingerprint density at radius 2 is 0.537 bits per heavy atom. The van der Waals surface area contributed by atoms with Crippen LogP contribution in [0.5, 0.6) is 0 Å². The van der Waals surface area contributed by atoms with Crippen molar-refractivity contribution in [1.29, 1.82) is 0 Å². The summed E-state index contributed by atoms with van der Waals surface area (Å²) < 4.78 is 68.5. The van der Waals surface area contributed by atoms with Gasteiger partial charge in [-0.15, -0.1) is 0 Å². The fraction of sp³-hybridized carbons (Fsp3) is 0.947. The molecule has 564 valence electrons. The highest BCUT2D eigenvalue weighted by molar-refractivity contribution is 7.47. The molecule has 0 aromatic carbocycles. The normalized spacial score (nSPS) is 14.3. The lowest BCUT2D eigenvalue weighted by atomic mass is 9.99. The van der Waals surface area contributed by atoms with Gasteiger partial charge in [0.05, 0.1) is 26.4 Å². The van der Waals surface area contributed by atoms with E-state index in [1.54, 1.807) is 0 Å². The molecule has 0 bridgehead atoms. The number of carbonyl (C=O) groups excluding carboxylic acids is 4. The summed E-state index contributed by atoms with van der Waals surface area (Å²) in [6.45, 7) is 9.62. The molecule has 3 unspecified atom stereocenters. The standard InChI is InChI=1S/C76H148O17P2/c1-7-10-12-14-16-18-20-21-27-30-34-41-47-53-59-74(79)87-64-71(92-75(80)60-54-48-42-35-31-28-25-23-22-24-26-29-32-38-44-50-56-68(4)5)66-90-94(82,83)88-62-70(77)63-89-95(84,85)91-67-72(65-86-73(78)58-52-46-40-33-19-17-15-13-11-8-2)93-76(81)61-55-49-43-37-36-39-45-51-57-69(6)9-3/h68-72,77H,7-67H2,1-6H3,(H,82,83)(H,84,85)/t69?,70-,71-,72-/m1/s1. The van der Waals surface area contributed by atoms with E-state index in [4.69, 9.17) is 37.0 Å². The molecule has 0 saturated heterocycles. The van der Waals surface area contributed by atoms with E-state index >= 15 is 0 Å². The highest BCUT2D eigenvalue weighted by atomic mass is 31.2. The van der Waals surface area contributed by atoms with E-state index in [-0.39, 0.29) is 25.7 Å². The third-order valence-corrected chi connectivity index (χ3v) is 20.0. The van der Waals surface area contributed by atoms with Crippen LogP contribution in [0.3, 0.4) is 0 Å². The van der Waals surface area contributed by atoms with Gasteiger partial charge in [0.1, 0.15) is 19.3 Å². The van der Waals surface area contributed by atoms with Crippen molar-refractivity contribution in [1.82, 2.24) is 0 Å². The zero-order valence-electron chi connectivity index (χ0n) is 62.0. The molecule has 0 heterocycles. The summed E-state index contributed by atoms with van der Waals surface area (Å²) >= 11 is 0. The number of unbranched alkanes of at least 4 members (excludes halogenated alkanes) is 44. The molecule has 3 N–H and O–H groups in total. The highest BCUT2D eigenvalue weighted by Gasteiger charge is 2.30. The Morgan fingerprint density at radius 1 is 0.305 bits per heavy atom. The van der Waals surface area contributed by atoms with Crippen LogP contribution in [0.25, 0.3) is 0 Å². The van der Waals surface area contributed by atoms with Crippen molar-refractivity contribution in [3.8, 4) is 0 Å². The zero-order valence-corrected chi connectivity index (χ0v) is 63.8. The number of esters is 4. The Balaban J connectivity index is 5.23. The second-order valence-corrected chi connectivity index (χ2v) is 31.0. The first-order chi connectivity index (χ1) is 45.9. The van der Waals surface area contributed by atoms with Gasteiger partial charge in [-0.05, 0) is 37.5 Å². The first kappa shape index (κ1) is 93.1. The van der Waals surface area contributed by atoms with Crippen molar-refractivity contribution < 1.29 is 80.2 Å². The van der Waals surface area contributed by atoms with Crippen molar-refractivity contribution >= 4 is 39.5 Å². The SMILES string of the molecule is CCCCCCCCCCCCCCCCC(=O)OC[C@H](COP(=O)(O)OC[C@@H](O)COP(=O)(O)OC[C@@H](COC(=O)CCCCCCCCCCCC)OC(=O)CCCCCCCCCCC(C)CC)OC(=O)CCCCCCCCCCCCCCCCCCC(C)C. The van der Waals surface area contributed by atoms with Crippen molar-refractivity contribution in [2.24, 2.45) is 11.8 Å². The maximum Gasteiger partial charge on any atom is 0.472 e. The van der Waals surface area contributed by atoms with Crippen molar-refractivity contribution in [3.63, 3.8) is 0 Å².